The smallest absolute Gasteiger partial charge is 0.225 e. The van der Waals surface area contributed by atoms with Gasteiger partial charge in [-0.05, 0) is 45.4 Å². The van der Waals surface area contributed by atoms with E-state index in [1.807, 2.05) is 18.7 Å². The van der Waals surface area contributed by atoms with Gasteiger partial charge in [-0.3, -0.25) is 9.59 Å². The lowest BCUT2D eigenvalue weighted by atomic mass is 9.86. The number of nitrogens with two attached hydrogens (primary N) is 1. The number of hydrogen-bond donors (Lipinski definition) is 2. The van der Waals surface area contributed by atoms with E-state index in [-0.39, 0.29) is 17.7 Å². The molecule has 2 rings (SSSR count). The van der Waals surface area contributed by atoms with Crippen molar-refractivity contribution in [2.75, 3.05) is 13.1 Å². The lowest BCUT2D eigenvalue weighted by Crippen LogP contribution is -2.51. The highest BCUT2D eigenvalue weighted by Gasteiger charge is 2.39. The quantitative estimate of drug-likeness (QED) is 0.820. The van der Waals surface area contributed by atoms with Gasteiger partial charge in [-0.25, -0.2) is 0 Å². The van der Waals surface area contributed by atoms with Crippen molar-refractivity contribution in [2.24, 2.45) is 17.6 Å². The molecule has 1 saturated heterocycles. The molecular weight excluding hydrogens is 266 g/mol. The van der Waals surface area contributed by atoms with Crippen molar-refractivity contribution in [1.29, 1.82) is 0 Å². The molecule has 1 aliphatic carbocycles. The summed E-state index contributed by atoms with van der Waals surface area (Å²) in [6.45, 7) is 7.05. The highest BCUT2D eigenvalue weighted by atomic mass is 16.2. The van der Waals surface area contributed by atoms with E-state index in [4.69, 9.17) is 5.73 Å². The Morgan fingerprint density at radius 1 is 1.33 bits per heavy atom. The van der Waals surface area contributed by atoms with Gasteiger partial charge < -0.3 is 16.0 Å². The zero-order chi connectivity index (χ0) is 15.6. The topological polar surface area (TPSA) is 75.4 Å². The standard InChI is InChI=1S/C16H29N3O2/c1-11-4-6-13(7-5-11)19-9-12(8-14(19)20)15(21)18-16(2,3)10-17/h11-13H,4-10,17H2,1-3H3,(H,18,21). The zero-order valence-electron chi connectivity index (χ0n) is 13.5. The Balaban J connectivity index is 1.91. The first-order valence-electron chi connectivity index (χ1n) is 8.14. The molecule has 1 aliphatic heterocycles. The molecule has 1 saturated carbocycles. The van der Waals surface area contributed by atoms with Gasteiger partial charge in [0.2, 0.25) is 11.8 Å². The van der Waals surface area contributed by atoms with Crippen LogP contribution in [0.25, 0.3) is 0 Å². The lowest BCUT2D eigenvalue weighted by molar-refractivity contribution is -0.131. The summed E-state index contributed by atoms with van der Waals surface area (Å²) in [6.07, 6.45) is 4.88. The third kappa shape index (κ3) is 3.96. The first-order valence-corrected chi connectivity index (χ1v) is 8.14. The van der Waals surface area contributed by atoms with Gasteiger partial charge in [-0.15, -0.1) is 0 Å². The fraction of sp³-hybridized carbons (Fsp3) is 0.875. The van der Waals surface area contributed by atoms with Gasteiger partial charge in [0.1, 0.15) is 0 Å². The summed E-state index contributed by atoms with van der Waals surface area (Å²) in [5.41, 5.74) is 5.24. The fourth-order valence-corrected chi connectivity index (χ4v) is 3.30. The zero-order valence-corrected chi connectivity index (χ0v) is 13.5. The molecule has 0 spiro atoms. The second kappa shape index (κ2) is 6.34. The largest absolute Gasteiger partial charge is 0.350 e. The molecule has 2 aliphatic rings. The van der Waals surface area contributed by atoms with Crippen LogP contribution in [0.15, 0.2) is 0 Å². The molecule has 1 atom stereocenters. The van der Waals surface area contributed by atoms with Crippen LogP contribution in [0.3, 0.4) is 0 Å². The summed E-state index contributed by atoms with van der Waals surface area (Å²) in [5, 5.41) is 2.96. The van der Waals surface area contributed by atoms with Crippen molar-refractivity contribution < 1.29 is 9.59 Å². The highest BCUT2D eigenvalue weighted by Crippen LogP contribution is 2.31. The van der Waals surface area contributed by atoms with Crippen LogP contribution in [0.1, 0.15) is 52.9 Å². The Hall–Kier alpha value is -1.10. The minimum absolute atomic E-state index is 0.0366. The molecule has 21 heavy (non-hydrogen) atoms. The first-order chi connectivity index (χ1) is 9.82. The second-order valence-electron chi connectivity index (χ2n) is 7.44. The van der Waals surface area contributed by atoms with Crippen LogP contribution < -0.4 is 11.1 Å². The van der Waals surface area contributed by atoms with Gasteiger partial charge in [0, 0.05) is 31.1 Å². The summed E-state index contributed by atoms with van der Waals surface area (Å²) in [7, 11) is 0. The first kappa shape index (κ1) is 16.3. The third-order valence-corrected chi connectivity index (χ3v) is 4.93. The van der Waals surface area contributed by atoms with Crippen LogP contribution in [0.4, 0.5) is 0 Å². The van der Waals surface area contributed by atoms with E-state index >= 15 is 0 Å². The average Bonchev–Trinajstić information content (AvgIpc) is 2.81. The highest BCUT2D eigenvalue weighted by molar-refractivity contribution is 5.89. The molecule has 120 valence electrons. The van der Waals surface area contributed by atoms with Crippen LogP contribution in [-0.4, -0.2) is 41.4 Å². The molecule has 5 heteroatoms. The van der Waals surface area contributed by atoms with Crippen molar-refractivity contribution in [3.63, 3.8) is 0 Å². The van der Waals surface area contributed by atoms with E-state index in [0.717, 1.165) is 18.8 Å². The van der Waals surface area contributed by atoms with E-state index in [2.05, 4.69) is 12.2 Å². The van der Waals surface area contributed by atoms with Crippen LogP contribution in [0, 0.1) is 11.8 Å². The maximum Gasteiger partial charge on any atom is 0.225 e. The van der Waals surface area contributed by atoms with E-state index in [0.29, 0.717) is 25.6 Å². The Morgan fingerprint density at radius 2 is 1.95 bits per heavy atom. The lowest BCUT2D eigenvalue weighted by Gasteiger charge is -2.33. The third-order valence-electron chi connectivity index (χ3n) is 4.93. The maximum atomic E-state index is 12.3. The average molecular weight is 295 g/mol. The van der Waals surface area contributed by atoms with Gasteiger partial charge in [0.15, 0.2) is 0 Å². The molecule has 3 N–H and O–H groups in total. The number of likely N-dealkylation sites (tertiary alicyclic amines) is 1. The molecule has 5 nitrogen and oxygen atoms in total. The Kier molecular flexibility index (Phi) is 4.91. The van der Waals surface area contributed by atoms with Gasteiger partial charge in [0.05, 0.1) is 5.92 Å². The predicted octanol–water partition coefficient (Wildman–Crippen LogP) is 1.27. The Bertz CT molecular complexity index is 400. The molecule has 0 radical (unpaired) electrons. The minimum Gasteiger partial charge on any atom is -0.350 e. The van der Waals surface area contributed by atoms with E-state index in [9.17, 15) is 9.59 Å². The Labute approximate surface area is 127 Å². The van der Waals surface area contributed by atoms with Crippen LogP contribution in [0.5, 0.6) is 0 Å². The number of hydrogen-bond acceptors (Lipinski definition) is 3. The van der Waals surface area contributed by atoms with Gasteiger partial charge in [-0.2, -0.15) is 0 Å². The van der Waals surface area contributed by atoms with Crippen molar-refractivity contribution >= 4 is 11.8 Å². The van der Waals surface area contributed by atoms with E-state index in [1.165, 1.54) is 12.8 Å². The van der Waals surface area contributed by atoms with Crippen molar-refractivity contribution in [2.45, 2.75) is 64.5 Å². The molecule has 2 amide bonds. The number of nitrogens with zero attached hydrogens (tertiary/aromatic N) is 1. The molecule has 0 aromatic carbocycles. The summed E-state index contributed by atoms with van der Waals surface area (Å²) >= 11 is 0. The Morgan fingerprint density at radius 3 is 2.52 bits per heavy atom. The van der Waals surface area contributed by atoms with Gasteiger partial charge >= 0.3 is 0 Å². The van der Waals surface area contributed by atoms with Crippen LogP contribution in [-0.2, 0) is 9.59 Å². The molecular formula is C16H29N3O2. The van der Waals surface area contributed by atoms with Crippen molar-refractivity contribution in [3.05, 3.63) is 0 Å². The number of carbonyl (C=O) groups excluding carboxylic acids is 2. The monoisotopic (exact) mass is 295 g/mol. The molecule has 0 bridgehead atoms. The number of amides is 2. The summed E-state index contributed by atoms with van der Waals surface area (Å²) < 4.78 is 0. The van der Waals surface area contributed by atoms with E-state index < -0.39 is 5.54 Å². The SMILES string of the molecule is CC1CCC(N2CC(C(=O)NC(C)(C)CN)CC2=O)CC1. The maximum absolute atomic E-state index is 12.3. The fourth-order valence-electron chi connectivity index (χ4n) is 3.30. The second-order valence-corrected chi connectivity index (χ2v) is 7.44. The molecule has 1 unspecified atom stereocenters. The number of carbonyl (C=O) groups is 2. The number of nitrogens with one attached hydrogen (secondary N) is 1. The molecule has 0 aromatic heterocycles. The summed E-state index contributed by atoms with van der Waals surface area (Å²) in [6, 6.07) is 0.342. The molecule has 2 fully saturated rings. The van der Waals surface area contributed by atoms with Crippen molar-refractivity contribution in [1.82, 2.24) is 10.2 Å². The molecule has 1 heterocycles. The number of rotatable bonds is 4. The summed E-state index contributed by atoms with van der Waals surface area (Å²) in [5.74, 6) is 0.650. The van der Waals surface area contributed by atoms with Gasteiger partial charge in [0.25, 0.3) is 0 Å². The van der Waals surface area contributed by atoms with Gasteiger partial charge in [-0.1, -0.05) is 6.92 Å². The normalized spacial score (nSPS) is 30.6. The molecule has 0 aromatic rings. The van der Waals surface area contributed by atoms with Crippen molar-refractivity contribution in [3.8, 4) is 0 Å². The van der Waals surface area contributed by atoms with Crippen LogP contribution in [0.2, 0.25) is 0 Å². The summed E-state index contributed by atoms with van der Waals surface area (Å²) in [4.78, 5) is 26.5. The van der Waals surface area contributed by atoms with Crippen LogP contribution >= 0.6 is 0 Å². The predicted molar refractivity (Wildman–Crippen MR) is 82.5 cm³/mol. The van der Waals surface area contributed by atoms with E-state index in [1.54, 1.807) is 0 Å². The minimum atomic E-state index is -0.409.